The summed E-state index contributed by atoms with van der Waals surface area (Å²) in [5.41, 5.74) is 5.22. The summed E-state index contributed by atoms with van der Waals surface area (Å²) >= 11 is 0. The van der Waals surface area contributed by atoms with Gasteiger partial charge >= 0.3 is 6.92 Å². The maximum atomic E-state index is 10.5. The first-order valence-electron chi connectivity index (χ1n) is 9.77. The van der Waals surface area contributed by atoms with Crippen LogP contribution in [0.4, 0.5) is 0 Å². The first-order valence-corrected chi connectivity index (χ1v) is 9.77. The molecule has 3 rings (SSSR count). The molecular formula is C24H30B2O3. The Morgan fingerprint density at radius 1 is 0.690 bits per heavy atom. The van der Waals surface area contributed by atoms with Crippen LogP contribution in [-0.2, 0) is 24.4 Å². The van der Waals surface area contributed by atoms with E-state index in [2.05, 4.69) is 24.3 Å². The number of aryl methyl sites for hydroxylation is 1. The van der Waals surface area contributed by atoms with Gasteiger partial charge in [0.1, 0.15) is 0 Å². The molecule has 0 aromatic heterocycles. The lowest BCUT2D eigenvalue weighted by Gasteiger charge is -2.09. The zero-order valence-corrected chi connectivity index (χ0v) is 16.3. The summed E-state index contributed by atoms with van der Waals surface area (Å²) in [6, 6.07) is 25.9. The molecule has 2 N–H and O–H groups in total. The first-order chi connectivity index (χ1) is 13.6. The number of ether oxygens (including phenoxy) is 1. The Balaban J connectivity index is 0.00000300. The summed E-state index contributed by atoms with van der Waals surface area (Å²) < 4.78 is 5.83. The molecule has 0 radical (unpaired) electrons. The van der Waals surface area contributed by atoms with Crippen LogP contribution in [0.3, 0.4) is 0 Å². The van der Waals surface area contributed by atoms with Gasteiger partial charge in [-0.25, -0.2) is 0 Å². The molecule has 0 unspecified atom stereocenters. The highest BCUT2D eigenvalue weighted by Gasteiger charge is 2.16. The maximum absolute atomic E-state index is 10.5. The van der Waals surface area contributed by atoms with Crippen LogP contribution in [0.15, 0.2) is 78.9 Å². The lowest BCUT2D eigenvalue weighted by molar-refractivity contribution is 0.107. The number of hydrogen-bond donors (Lipinski definition) is 2. The molecule has 150 valence electrons. The Labute approximate surface area is 175 Å². The maximum Gasteiger partial charge on any atom is 0.358 e. The summed E-state index contributed by atoms with van der Waals surface area (Å²) in [7, 11) is 0. The van der Waals surface area contributed by atoms with Crippen LogP contribution in [0.5, 0.6) is 0 Å². The Hall–Kier alpha value is -2.33. The van der Waals surface area contributed by atoms with Gasteiger partial charge in [0.05, 0.1) is 13.2 Å². The van der Waals surface area contributed by atoms with Gasteiger partial charge in [-0.15, -0.1) is 0 Å². The van der Waals surface area contributed by atoms with Gasteiger partial charge in [-0.2, -0.15) is 0 Å². The van der Waals surface area contributed by atoms with Crippen LogP contribution in [-0.4, -0.2) is 23.9 Å². The van der Waals surface area contributed by atoms with Crippen LogP contribution in [0.25, 0.3) is 0 Å². The van der Waals surface area contributed by atoms with E-state index >= 15 is 0 Å². The third kappa shape index (κ3) is 7.21. The molecule has 0 heterocycles. The molecule has 0 saturated heterocycles. The standard InChI is InChI=1S/C23H26B2O3.CH4/c1-24(26)16-15-19-7-9-20(10-8-19)17-28-18-21-11-13-23(14-12-21)25(27)22-5-3-2-4-6-22;/h2-14,26-27H,15-18H2,1H3;1H4. The lowest BCUT2D eigenvalue weighted by atomic mass is 9.56. The van der Waals surface area contributed by atoms with Crippen molar-refractivity contribution in [2.45, 2.75) is 40.2 Å². The normalized spacial score (nSPS) is 10.3. The molecule has 0 amide bonds. The van der Waals surface area contributed by atoms with Crippen molar-refractivity contribution in [3.8, 4) is 0 Å². The SMILES string of the molecule is C.CB(O)CCc1ccc(COCc2ccc(B(O)c3ccccc3)cc2)cc1. The van der Waals surface area contributed by atoms with Crippen LogP contribution >= 0.6 is 0 Å². The summed E-state index contributed by atoms with van der Waals surface area (Å²) in [6.07, 6.45) is 1.67. The zero-order valence-electron chi connectivity index (χ0n) is 16.3. The second kappa shape index (κ2) is 11.6. The van der Waals surface area contributed by atoms with E-state index in [1.54, 1.807) is 0 Å². The van der Waals surface area contributed by atoms with Crippen molar-refractivity contribution in [2.75, 3.05) is 0 Å². The highest BCUT2D eigenvalue weighted by molar-refractivity contribution is 6.78. The molecule has 0 bridgehead atoms. The monoisotopic (exact) mass is 388 g/mol. The van der Waals surface area contributed by atoms with Crippen molar-refractivity contribution in [3.63, 3.8) is 0 Å². The highest BCUT2D eigenvalue weighted by atomic mass is 16.5. The Kier molecular flexibility index (Phi) is 9.20. The van der Waals surface area contributed by atoms with E-state index in [1.807, 2.05) is 61.4 Å². The van der Waals surface area contributed by atoms with Gasteiger partial charge in [0.2, 0.25) is 0 Å². The molecule has 0 aliphatic rings. The second-order valence-corrected chi connectivity index (χ2v) is 7.25. The quantitative estimate of drug-likeness (QED) is 0.554. The average Bonchev–Trinajstić information content (AvgIpc) is 2.74. The molecule has 3 aromatic rings. The third-order valence-corrected chi connectivity index (χ3v) is 4.82. The predicted molar refractivity (Wildman–Crippen MR) is 124 cm³/mol. The molecule has 3 nitrogen and oxygen atoms in total. The van der Waals surface area contributed by atoms with E-state index in [1.165, 1.54) is 5.56 Å². The van der Waals surface area contributed by atoms with Crippen LogP contribution in [0.2, 0.25) is 13.1 Å². The van der Waals surface area contributed by atoms with Gasteiger partial charge in [-0.05, 0) is 40.4 Å². The molecule has 29 heavy (non-hydrogen) atoms. The smallest absolute Gasteiger partial charge is 0.358 e. The topological polar surface area (TPSA) is 49.7 Å². The predicted octanol–water partition coefficient (Wildman–Crippen LogP) is 3.29. The number of benzene rings is 3. The number of hydrogen-bond acceptors (Lipinski definition) is 3. The van der Waals surface area contributed by atoms with Gasteiger partial charge in [0.15, 0.2) is 0 Å². The van der Waals surface area contributed by atoms with Crippen molar-refractivity contribution in [1.29, 1.82) is 0 Å². The minimum Gasteiger partial charge on any atom is -0.451 e. The van der Waals surface area contributed by atoms with E-state index in [-0.39, 0.29) is 14.3 Å². The third-order valence-electron chi connectivity index (χ3n) is 4.82. The van der Waals surface area contributed by atoms with Gasteiger partial charge in [0.25, 0.3) is 6.92 Å². The second-order valence-electron chi connectivity index (χ2n) is 7.25. The van der Waals surface area contributed by atoms with Gasteiger partial charge in [0, 0.05) is 0 Å². The van der Waals surface area contributed by atoms with Gasteiger partial charge in [-0.1, -0.05) is 93.1 Å². The van der Waals surface area contributed by atoms with E-state index in [0.29, 0.717) is 13.2 Å². The molecule has 3 aromatic carbocycles. The van der Waals surface area contributed by atoms with Crippen molar-refractivity contribution < 1.29 is 14.8 Å². The van der Waals surface area contributed by atoms with Gasteiger partial charge in [-0.3, -0.25) is 0 Å². The molecule has 0 aliphatic carbocycles. The molecule has 0 fully saturated rings. The van der Waals surface area contributed by atoms with E-state index < -0.39 is 6.92 Å². The molecule has 5 heteroatoms. The Morgan fingerprint density at radius 3 is 1.72 bits per heavy atom. The molecule has 0 aliphatic heterocycles. The van der Waals surface area contributed by atoms with Crippen molar-refractivity contribution in [3.05, 3.63) is 95.6 Å². The highest BCUT2D eigenvalue weighted by Crippen LogP contribution is 2.10. The van der Waals surface area contributed by atoms with E-state index in [0.717, 1.165) is 34.8 Å². The molecule has 0 saturated carbocycles. The minimum atomic E-state index is -0.608. The van der Waals surface area contributed by atoms with Crippen molar-refractivity contribution >= 4 is 24.8 Å². The lowest BCUT2D eigenvalue weighted by Crippen LogP contribution is -2.42. The summed E-state index contributed by atoms with van der Waals surface area (Å²) in [6.45, 7) is 2.04. The van der Waals surface area contributed by atoms with Crippen molar-refractivity contribution in [1.82, 2.24) is 0 Å². The van der Waals surface area contributed by atoms with Crippen LogP contribution < -0.4 is 10.9 Å². The van der Waals surface area contributed by atoms with Gasteiger partial charge < -0.3 is 14.8 Å². The fourth-order valence-corrected chi connectivity index (χ4v) is 3.09. The molecule has 0 atom stereocenters. The van der Waals surface area contributed by atoms with E-state index in [4.69, 9.17) is 4.74 Å². The Bertz CT molecular complexity index is 834. The average molecular weight is 388 g/mol. The van der Waals surface area contributed by atoms with Crippen molar-refractivity contribution in [2.24, 2.45) is 0 Å². The largest absolute Gasteiger partial charge is 0.451 e. The fraction of sp³-hybridized carbons (Fsp3) is 0.250. The minimum absolute atomic E-state index is 0. The summed E-state index contributed by atoms with van der Waals surface area (Å²) in [5.74, 6) is 0. The summed E-state index contributed by atoms with van der Waals surface area (Å²) in [4.78, 5) is 0. The summed E-state index contributed by atoms with van der Waals surface area (Å²) in [5, 5.41) is 19.8. The van der Waals surface area contributed by atoms with E-state index in [9.17, 15) is 10.0 Å². The molecular weight excluding hydrogens is 358 g/mol. The van der Waals surface area contributed by atoms with Crippen LogP contribution in [0, 0.1) is 0 Å². The first kappa shape index (κ1) is 23.0. The fourth-order valence-electron chi connectivity index (χ4n) is 3.09. The Morgan fingerprint density at radius 2 is 1.17 bits per heavy atom. The van der Waals surface area contributed by atoms with Crippen LogP contribution in [0.1, 0.15) is 24.1 Å². The zero-order chi connectivity index (χ0) is 19.8. The molecule has 0 spiro atoms. The number of rotatable bonds is 9.